The molecular weight excluding hydrogens is 380 g/mol. The Morgan fingerprint density at radius 2 is 1.67 bits per heavy atom. The lowest BCUT2D eigenvalue weighted by atomic mass is 10.1. The summed E-state index contributed by atoms with van der Waals surface area (Å²) in [4.78, 5) is 15.1. The van der Waals surface area contributed by atoms with E-state index in [-0.39, 0.29) is 11.6 Å². The van der Waals surface area contributed by atoms with Crippen LogP contribution in [0.15, 0.2) is 18.2 Å². The van der Waals surface area contributed by atoms with Gasteiger partial charge >= 0.3 is 0 Å². The summed E-state index contributed by atoms with van der Waals surface area (Å²) in [6, 6.07) is 5.44. The molecule has 0 spiro atoms. The average molecular weight is 417 g/mol. The Kier molecular flexibility index (Phi) is 10.3. The zero-order valence-corrected chi connectivity index (χ0v) is 18.7. The van der Waals surface area contributed by atoms with E-state index in [1.807, 2.05) is 6.07 Å². The van der Waals surface area contributed by atoms with Crippen LogP contribution in [-0.4, -0.2) is 34.7 Å². The van der Waals surface area contributed by atoms with Crippen LogP contribution in [-0.2, 0) is 0 Å². The zero-order valence-electron chi connectivity index (χ0n) is 18.7. The van der Waals surface area contributed by atoms with E-state index in [2.05, 4.69) is 11.9 Å². The van der Waals surface area contributed by atoms with Gasteiger partial charge in [-0.05, 0) is 25.5 Å². The van der Waals surface area contributed by atoms with E-state index in [4.69, 9.17) is 9.47 Å². The average Bonchev–Trinajstić information content (AvgIpc) is 3.05. The SMILES string of the molecule is CCCCCCCCCCCCOc1ccc(-n2c(C)nc(C=O)c2O)c(OC)c1. The summed E-state index contributed by atoms with van der Waals surface area (Å²) in [5.74, 6) is 1.58. The van der Waals surface area contributed by atoms with Crippen LogP contribution in [0.2, 0.25) is 0 Å². The summed E-state index contributed by atoms with van der Waals surface area (Å²) >= 11 is 0. The highest BCUT2D eigenvalue weighted by Crippen LogP contribution is 2.32. The second kappa shape index (κ2) is 12.9. The first-order chi connectivity index (χ1) is 14.6. The molecule has 2 aromatic rings. The maximum atomic E-state index is 11.0. The van der Waals surface area contributed by atoms with Crippen LogP contribution in [0.3, 0.4) is 0 Å². The number of aryl methyl sites for hydroxylation is 1. The number of benzene rings is 1. The van der Waals surface area contributed by atoms with Crippen LogP contribution in [0.4, 0.5) is 0 Å². The van der Waals surface area contributed by atoms with Crippen molar-refractivity contribution in [3.8, 4) is 23.1 Å². The number of aromatic nitrogens is 2. The van der Waals surface area contributed by atoms with E-state index in [9.17, 15) is 9.90 Å². The van der Waals surface area contributed by atoms with E-state index in [0.29, 0.717) is 30.2 Å². The fraction of sp³-hybridized carbons (Fsp3) is 0.583. The summed E-state index contributed by atoms with van der Waals surface area (Å²) in [6.45, 7) is 4.65. The van der Waals surface area contributed by atoms with E-state index in [1.165, 1.54) is 62.4 Å². The number of aromatic hydroxyl groups is 1. The predicted octanol–water partition coefficient (Wildman–Crippen LogP) is 6.01. The number of aldehydes is 1. The van der Waals surface area contributed by atoms with Gasteiger partial charge in [-0.25, -0.2) is 4.98 Å². The van der Waals surface area contributed by atoms with Crippen LogP contribution in [0.5, 0.6) is 17.4 Å². The van der Waals surface area contributed by atoms with Gasteiger partial charge in [-0.3, -0.25) is 9.36 Å². The van der Waals surface area contributed by atoms with Crippen molar-refractivity contribution in [2.75, 3.05) is 13.7 Å². The smallest absolute Gasteiger partial charge is 0.227 e. The van der Waals surface area contributed by atoms with Crippen molar-refractivity contribution in [2.24, 2.45) is 0 Å². The van der Waals surface area contributed by atoms with Gasteiger partial charge in [0.05, 0.1) is 19.4 Å². The molecule has 0 saturated heterocycles. The quantitative estimate of drug-likeness (QED) is 0.284. The fourth-order valence-electron chi connectivity index (χ4n) is 3.62. The van der Waals surface area contributed by atoms with E-state index < -0.39 is 0 Å². The number of hydrogen-bond acceptors (Lipinski definition) is 5. The fourth-order valence-corrected chi connectivity index (χ4v) is 3.62. The first-order valence-corrected chi connectivity index (χ1v) is 11.2. The van der Waals surface area contributed by atoms with Gasteiger partial charge in [0.15, 0.2) is 12.0 Å². The summed E-state index contributed by atoms with van der Waals surface area (Å²) in [6.07, 6.45) is 13.5. The number of unbranched alkanes of at least 4 members (excludes halogenated alkanes) is 9. The summed E-state index contributed by atoms with van der Waals surface area (Å²) in [5, 5.41) is 10.3. The Balaban J connectivity index is 1.78. The Morgan fingerprint density at radius 1 is 1.03 bits per heavy atom. The molecule has 6 heteroatoms. The highest BCUT2D eigenvalue weighted by Gasteiger charge is 2.18. The first-order valence-electron chi connectivity index (χ1n) is 11.2. The van der Waals surface area contributed by atoms with Gasteiger partial charge in [0.2, 0.25) is 5.88 Å². The van der Waals surface area contributed by atoms with Crippen LogP contribution in [0.1, 0.15) is 87.4 Å². The van der Waals surface area contributed by atoms with Crippen molar-refractivity contribution < 1.29 is 19.4 Å². The van der Waals surface area contributed by atoms with Crippen molar-refractivity contribution >= 4 is 6.29 Å². The number of hydrogen-bond donors (Lipinski definition) is 1. The van der Waals surface area contributed by atoms with Crippen molar-refractivity contribution in [3.05, 3.63) is 29.7 Å². The maximum absolute atomic E-state index is 11.0. The molecule has 0 unspecified atom stereocenters. The van der Waals surface area contributed by atoms with Gasteiger partial charge in [-0.2, -0.15) is 0 Å². The second-order valence-corrected chi connectivity index (χ2v) is 7.69. The van der Waals surface area contributed by atoms with Crippen LogP contribution < -0.4 is 9.47 Å². The molecule has 1 aromatic carbocycles. The van der Waals surface area contributed by atoms with Gasteiger partial charge in [0, 0.05) is 6.07 Å². The molecule has 0 aliphatic heterocycles. The Labute approximate surface area is 180 Å². The molecule has 1 heterocycles. The molecule has 0 radical (unpaired) electrons. The summed E-state index contributed by atoms with van der Waals surface area (Å²) in [5.41, 5.74) is 0.621. The summed E-state index contributed by atoms with van der Waals surface area (Å²) in [7, 11) is 1.56. The molecule has 0 bridgehead atoms. The van der Waals surface area contributed by atoms with Gasteiger partial charge in [0.25, 0.3) is 0 Å². The molecular formula is C24H36N2O4. The van der Waals surface area contributed by atoms with Crippen molar-refractivity contribution in [1.82, 2.24) is 9.55 Å². The molecule has 1 N–H and O–H groups in total. The standard InChI is InChI=1S/C24H36N2O4/c1-4-5-6-7-8-9-10-11-12-13-16-30-20-14-15-22(23(17-20)29-3)26-19(2)25-21(18-27)24(26)28/h14-15,17-18,28H,4-13,16H2,1-3H3. The Morgan fingerprint density at radius 3 is 2.23 bits per heavy atom. The van der Waals surface area contributed by atoms with Crippen LogP contribution in [0.25, 0.3) is 5.69 Å². The Bertz CT molecular complexity index is 786. The molecule has 30 heavy (non-hydrogen) atoms. The normalized spacial score (nSPS) is 10.9. The summed E-state index contributed by atoms with van der Waals surface area (Å²) < 4.78 is 12.8. The highest BCUT2D eigenvalue weighted by atomic mass is 16.5. The molecule has 1 aromatic heterocycles. The van der Waals surface area contributed by atoms with Gasteiger partial charge < -0.3 is 14.6 Å². The minimum absolute atomic E-state index is 0.0100. The Hall–Kier alpha value is -2.50. The van der Waals surface area contributed by atoms with E-state index in [1.54, 1.807) is 26.2 Å². The largest absolute Gasteiger partial charge is 0.494 e. The number of rotatable bonds is 15. The molecule has 0 saturated carbocycles. The van der Waals surface area contributed by atoms with E-state index in [0.717, 1.165) is 12.2 Å². The lowest BCUT2D eigenvalue weighted by Gasteiger charge is -2.14. The van der Waals surface area contributed by atoms with Gasteiger partial charge in [0.1, 0.15) is 17.3 Å². The molecule has 2 rings (SSSR count). The number of ether oxygens (including phenoxy) is 2. The molecule has 0 atom stereocenters. The number of carbonyl (C=O) groups is 1. The van der Waals surface area contributed by atoms with Crippen molar-refractivity contribution in [1.29, 1.82) is 0 Å². The topological polar surface area (TPSA) is 73.6 Å². The molecule has 0 amide bonds. The lowest BCUT2D eigenvalue weighted by molar-refractivity contribution is 0.111. The third-order valence-electron chi connectivity index (χ3n) is 5.32. The molecule has 6 nitrogen and oxygen atoms in total. The van der Waals surface area contributed by atoms with Gasteiger partial charge in [-0.1, -0.05) is 64.7 Å². The van der Waals surface area contributed by atoms with Crippen LogP contribution >= 0.6 is 0 Å². The zero-order chi connectivity index (χ0) is 21.8. The first kappa shape index (κ1) is 23.8. The molecule has 0 fully saturated rings. The minimum Gasteiger partial charge on any atom is -0.494 e. The van der Waals surface area contributed by atoms with Crippen molar-refractivity contribution in [3.63, 3.8) is 0 Å². The predicted molar refractivity (Wildman–Crippen MR) is 119 cm³/mol. The van der Waals surface area contributed by atoms with E-state index >= 15 is 0 Å². The number of methoxy groups -OCH3 is 1. The van der Waals surface area contributed by atoms with Crippen molar-refractivity contribution in [2.45, 2.75) is 78.1 Å². The lowest BCUT2D eigenvalue weighted by Crippen LogP contribution is -2.02. The maximum Gasteiger partial charge on any atom is 0.227 e. The third-order valence-corrected chi connectivity index (χ3v) is 5.32. The number of imidazole rings is 1. The molecule has 0 aliphatic carbocycles. The third kappa shape index (κ3) is 6.78. The monoisotopic (exact) mass is 416 g/mol. The number of nitrogens with zero attached hydrogens (tertiary/aromatic N) is 2. The van der Waals surface area contributed by atoms with Crippen LogP contribution in [0, 0.1) is 6.92 Å². The second-order valence-electron chi connectivity index (χ2n) is 7.69. The highest BCUT2D eigenvalue weighted by molar-refractivity contribution is 5.76. The number of carbonyl (C=O) groups excluding carboxylic acids is 1. The molecule has 166 valence electrons. The minimum atomic E-state index is -0.195. The van der Waals surface area contributed by atoms with Gasteiger partial charge in [-0.15, -0.1) is 0 Å². The molecule has 0 aliphatic rings.